The van der Waals surface area contributed by atoms with Gasteiger partial charge in [0.15, 0.2) is 0 Å². The number of carbonyl (C=O) groups excluding carboxylic acids is 1. The van der Waals surface area contributed by atoms with Crippen LogP contribution >= 0.6 is 11.6 Å². The molecule has 2 aliphatic rings. The summed E-state index contributed by atoms with van der Waals surface area (Å²) >= 11 is 6.71. The summed E-state index contributed by atoms with van der Waals surface area (Å²) in [6.45, 7) is 0.481. The van der Waals surface area contributed by atoms with Gasteiger partial charge in [-0.15, -0.1) is 0 Å². The van der Waals surface area contributed by atoms with Gasteiger partial charge in [0.2, 0.25) is 0 Å². The van der Waals surface area contributed by atoms with Gasteiger partial charge in [0.25, 0.3) is 0 Å². The highest BCUT2D eigenvalue weighted by Gasteiger charge is 2.34. The van der Waals surface area contributed by atoms with Crippen molar-refractivity contribution in [3.05, 3.63) is 118 Å². The van der Waals surface area contributed by atoms with Crippen molar-refractivity contribution in [3.63, 3.8) is 0 Å². The Hall–Kier alpha value is -3.50. The number of fused-ring (bicyclic) bond motifs is 4. The van der Waals surface area contributed by atoms with Crippen LogP contribution in [0.4, 0.5) is 10.5 Å². The van der Waals surface area contributed by atoms with Gasteiger partial charge in [-0.1, -0.05) is 60.1 Å². The number of benzene rings is 3. The number of aryl methyl sites for hydroxylation is 1. The van der Waals surface area contributed by atoms with E-state index in [2.05, 4.69) is 40.3 Å². The molecular formula is C29H26ClN3O. The highest BCUT2D eigenvalue weighted by molar-refractivity contribution is 6.31. The van der Waals surface area contributed by atoms with Crippen LogP contribution in [-0.4, -0.2) is 15.5 Å². The van der Waals surface area contributed by atoms with E-state index < -0.39 is 0 Å². The molecule has 1 N–H and O–H groups in total. The first-order valence-corrected chi connectivity index (χ1v) is 12.3. The molecule has 5 heteroatoms. The number of carbonyl (C=O) groups is 1. The Labute approximate surface area is 204 Å². The van der Waals surface area contributed by atoms with Crippen molar-refractivity contribution in [2.45, 2.75) is 38.3 Å². The maximum absolute atomic E-state index is 14.0. The fraction of sp³-hybridized carbons (Fsp3) is 0.207. The SMILES string of the molecule is O=C(Nc1cccc2c1CCCC2)N1Cc2ccccc2-n2cccc2[C@H]1c1ccccc1Cl. The number of hydrogen-bond donors (Lipinski definition) is 1. The largest absolute Gasteiger partial charge is 0.322 e. The Kier molecular flexibility index (Phi) is 5.39. The highest BCUT2D eigenvalue weighted by Crippen LogP contribution is 2.39. The first-order valence-electron chi connectivity index (χ1n) is 11.9. The Balaban J connectivity index is 1.47. The zero-order chi connectivity index (χ0) is 23.1. The number of aromatic nitrogens is 1. The van der Waals surface area contributed by atoms with E-state index in [9.17, 15) is 4.79 Å². The van der Waals surface area contributed by atoms with E-state index in [-0.39, 0.29) is 12.1 Å². The molecule has 0 bridgehead atoms. The molecule has 0 radical (unpaired) electrons. The zero-order valence-corrected chi connectivity index (χ0v) is 19.6. The molecule has 2 heterocycles. The highest BCUT2D eigenvalue weighted by atomic mass is 35.5. The Bertz CT molecular complexity index is 1380. The van der Waals surface area contributed by atoms with Crippen molar-refractivity contribution in [2.75, 3.05) is 5.32 Å². The standard InChI is InChI=1S/C29H26ClN3O/c30-24-14-5-4-13-23(24)28-27-17-8-18-32(27)26-16-6-2-10-21(26)19-33(28)29(34)31-25-15-7-11-20-9-1-3-12-22(20)25/h2,4-8,10-11,13-18,28H,1,3,9,12,19H2,(H,31,34)/t28-/m1/s1. The maximum atomic E-state index is 14.0. The molecule has 0 unspecified atom stereocenters. The van der Waals surface area contributed by atoms with Crippen molar-refractivity contribution < 1.29 is 4.79 Å². The number of nitrogens with zero attached hydrogens (tertiary/aromatic N) is 2. The molecule has 0 spiro atoms. The fourth-order valence-corrected chi connectivity index (χ4v) is 5.69. The van der Waals surface area contributed by atoms with Gasteiger partial charge in [-0.05, 0) is 78.3 Å². The van der Waals surface area contributed by atoms with Crippen LogP contribution in [0.15, 0.2) is 85.1 Å². The number of anilines is 1. The van der Waals surface area contributed by atoms with Crippen LogP contribution < -0.4 is 5.32 Å². The predicted molar refractivity (Wildman–Crippen MR) is 137 cm³/mol. The second-order valence-corrected chi connectivity index (χ2v) is 9.47. The lowest BCUT2D eigenvalue weighted by atomic mass is 9.90. The van der Waals surface area contributed by atoms with Crippen LogP contribution in [0.5, 0.6) is 0 Å². The van der Waals surface area contributed by atoms with Crippen LogP contribution in [0.1, 0.15) is 46.8 Å². The average molecular weight is 468 g/mol. The summed E-state index contributed by atoms with van der Waals surface area (Å²) in [5.41, 5.74) is 7.67. The topological polar surface area (TPSA) is 37.3 Å². The van der Waals surface area contributed by atoms with E-state index in [0.717, 1.165) is 47.5 Å². The quantitative estimate of drug-likeness (QED) is 0.334. The van der Waals surface area contributed by atoms with Crippen molar-refractivity contribution >= 4 is 23.3 Å². The lowest BCUT2D eigenvalue weighted by Crippen LogP contribution is -2.38. The number of nitrogens with one attached hydrogen (secondary N) is 1. The lowest BCUT2D eigenvalue weighted by molar-refractivity contribution is 0.194. The van der Waals surface area contributed by atoms with Crippen LogP contribution in [0, 0.1) is 0 Å². The molecule has 170 valence electrons. The second-order valence-electron chi connectivity index (χ2n) is 9.06. The van der Waals surface area contributed by atoms with E-state index in [1.54, 1.807) is 0 Å². The third kappa shape index (κ3) is 3.59. The van der Waals surface area contributed by atoms with Gasteiger partial charge in [0.05, 0.1) is 17.9 Å². The molecule has 3 aromatic carbocycles. The monoisotopic (exact) mass is 467 g/mol. The molecule has 2 amide bonds. The summed E-state index contributed by atoms with van der Waals surface area (Å²) < 4.78 is 2.18. The van der Waals surface area contributed by atoms with Crippen LogP contribution in [0.25, 0.3) is 5.69 Å². The molecule has 4 aromatic rings. The Morgan fingerprint density at radius 1 is 0.853 bits per heavy atom. The number of halogens is 1. The normalized spacial score (nSPS) is 16.7. The average Bonchev–Trinajstić information content (AvgIpc) is 3.29. The summed E-state index contributed by atoms with van der Waals surface area (Å²) in [4.78, 5) is 15.9. The Morgan fingerprint density at radius 2 is 1.65 bits per heavy atom. The van der Waals surface area contributed by atoms with Crippen LogP contribution in [0.3, 0.4) is 0 Å². The summed E-state index contributed by atoms with van der Waals surface area (Å²) in [5.74, 6) is 0. The summed E-state index contributed by atoms with van der Waals surface area (Å²) in [7, 11) is 0. The number of hydrogen-bond acceptors (Lipinski definition) is 1. The predicted octanol–water partition coefficient (Wildman–Crippen LogP) is 7.15. The summed E-state index contributed by atoms with van der Waals surface area (Å²) in [5, 5.41) is 3.93. The van der Waals surface area contributed by atoms with E-state index in [1.165, 1.54) is 17.5 Å². The molecule has 1 atom stereocenters. The molecule has 1 aliphatic carbocycles. The van der Waals surface area contributed by atoms with Crippen molar-refractivity contribution in [2.24, 2.45) is 0 Å². The number of rotatable bonds is 2. The van der Waals surface area contributed by atoms with Crippen molar-refractivity contribution in [1.82, 2.24) is 9.47 Å². The van der Waals surface area contributed by atoms with Crippen LogP contribution in [0.2, 0.25) is 5.02 Å². The lowest BCUT2D eigenvalue weighted by Gasteiger charge is -2.32. The molecule has 6 rings (SSSR count). The first kappa shape index (κ1) is 21.1. The summed E-state index contributed by atoms with van der Waals surface area (Å²) in [6.07, 6.45) is 6.51. The van der Waals surface area contributed by atoms with E-state index in [0.29, 0.717) is 11.6 Å². The van der Waals surface area contributed by atoms with Gasteiger partial charge in [-0.2, -0.15) is 0 Å². The van der Waals surface area contributed by atoms with Gasteiger partial charge in [0, 0.05) is 16.9 Å². The number of para-hydroxylation sites is 1. The van der Waals surface area contributed by atoms with Gasteiger partial charge in [-0.3, -0.25) is 0 Å². The molecular weight excluding hydrogens is 442 g/mol. The number of urea groups is 1. The molecule has 0 saturated heterocycles. The molecule has 0 fully saturated rings. The second kappa shape index (κ2) is 8.69. The summed E-state index contributed by atoms with van der Waals surface area (Å²) in [6, 6.07) is 26.0. The van der Waals surface area contributed by atoms with Gasteiger partial charge >= 0.3 is 6.03 Å². The third-order valence-corrected chi connectivity index (χ3v) is 7.41. The van der Waals surface area contributed by atoms with Gasteiger partial charge in [0.1, 0.15) is 6.04 Å². The van der Waals surface area contributed by atoms with E-state index in [1.807, 2.05) is 59.5 Å². The molecule has 1 aromatic heterocycles. The fourth-order valence-electron chi connectivity index (χ4n) is 5.45. The van der Waals surface area contributed by atoms with Gasteiger partial charge < -0.3 is 14.8 Å². The molecule has 4 nitrogen and oxygen atoms in total. The molecule has 1 aliphatic heterocycles. The smallest absolute Gasteiger partial charge is 0.318 e. The molecule has 0 saturated carbocycles. The van der Waals surface area contributed by atoms with Crippen molar-refractivity contribution in [3.8, 4) is 5.69 Å². The minimum Gasteiger partial charge on any atom is -0.318 e. The van der Waals surface area contributed by atoms with Crippen molar-refractivity contribution in [1.29, 1.82) is 0 Å². The number of amides is 2. The third-order valence-electron chi connectivity index (χ3n) is 7.06. The minimum atomic E-state index is -0.323. The van der Waals surface area contributed by atoms with Gasteiger partial charge in [-0.25, -0.2) is 4.79 Å². The zero-order valence-electron chi connectivity index (χ0n) is 18.9. The maximum Gasteiger partial charge on any atom is 0.322 e. The molecule has 34 heavy (non-hydrogen) atoms. The Morgan fingerprint density at radius 3 is 2.56 bits per heavy atom. The minimum absolute atomic E-state index is 0.117. The first-order chi connectivity index (χ1) is 16.7. The van der Waals surface area contributed by atoms with E-state index >= 15 is 0 Å². The van der Waals surface area contributed by atoms with E-state index in [4.69, 9.17) is 11.6 Å². The van der Waals surface area contributed by atoms with Crippen LogP contribution in [-0.2, 0) is 19.4 Å².